The number of hydrogen-bond donors (Lipinski definition) is 1. The summed E-state index contributed by atoms with van der Waals surface area (Å²) in [6.45, 7) is -0.205. The van der Waals surface area contributed by atoms with Crippen LogP contribution in [0.5, 0.6) is 11.5 Å². The number of hydrogen-bond acceptors (Lipinski definition) is 6. The lowest BCUT2D eigenvalue weighted by Crippen LogP contribution is -2.24. The predicted molar refractivity (Wildman–Crippen MR) is 113 cm³/mol. The lowest BCUT2D eigenvalue weighted by atomic mass is 10.2. The van der Waals surface area contributed by atoms with Gasteiger partial charge in [0.05, 0.1) is 6.21 Å². The van der Waals surface area contributed by atoms with Gasteiger partial charge in [-0.1, -0.05) is 29.8 Å². The third-order valence-corrected chi connectivity index (χ3v) is 5.22. The van der Waals surface area contributed by atoms with Crippen LogP contribution in [0, 0.1) is 0 Å². The Morgan fingerprint density at radius 1 is 0.933 bits per heavy atom. The molecule has 1 amide bonds. The van der Waals surface area contributed by atoms with Crippen LogP contribution in [0.25, 0.3) is 0 Å². The molecule has 3 rings (SSSR count). The van der Waals surface area contributed by atoms with Gasteiger partial charge in [0.15, 0.2) is 6.61 Å². The number of rotatable bonds is 8. The van der Waals surface area contributed by atoms with E-state index in [9.17, 15) is 13.2 Å². The molecular formula is C21H17ClN2O5S. The van der Waals surface area contributed by atoms with Crippen molar-refractivity contribution in [3.63, 3.8) is 0 Å². The van der Waals surface area contributed by atoms with Crippen molar-refractivity contribution >= 4 is 33.8 Å². The van der Waals surface area contributed by atoms with E-state index < -0.39 is 16.0 Å². The molecule has 0 saturated carbocycles. The molecule has 3 aromatic rings. The molecule has 0 aliphatic heterocycles. The third kappa shape index (κ3) is 6.33. The van der Waals surface area contributed by atoms with E-state index in [4.69, 9.17) is 20.5 Å². The van der Waals surface area contributed by atoms with Gasteiger partial charge in [0.1, 0.15) is 16.4 Å². The zero-order chi connectivity index (χ0) is 21.4. The summed E-state index contributed by atoms with van der Waals surface area (Å²) in [5, 5.41) is 4.41. The van der Waals surface area contributed by atoms with E-state index in [1.807, 2.05) is 0 Å². The highest BCUT2D eigenvalue weighted by atomic mass is 35.5. The lowest BCUT2D eigenvalue weighted by Gasteiger charge is -2.07. The maximum atomic E-state index is 12.2. The van der Waals surface area contributed by atoms with E-state index in [-0.39, 0.29) is 17.3 Å². The van der Waals surface area contributed by atoms with E-state index in [1.165, 1.54) is 30.5 Å². The maximum absolute atomic E-state index is 12.2. The molecule has 30 heavy (non-hydrogen) atoms. The second-order valence-electron chi connectivity index (χ2n) is 5.96. The van der Waals surface area contributed by atoms with Crippen LogP contribution in [0.4, 0.5) is 0 Å². The van der Waals surface area contributed by atoms with Gasteiger partial charge in [0, 0.05) is 5.02 Å². The fraction of sp³-hybridized carbons (Fsp3) is 0.0476. The first-order valence-corrected chi connectivity index (χ1v) is 10.5. The van der Waals surface area contributed by atoms with Crippen molar-refractivity contribution in [1.82, 2.24) is 5.43 Å². The molecule has 0 aromatic heterocycles. The molecule has 9 heteroatoms. The summed E-state index contributed by atoms with van der Waals surface area (Å²) >= 11 is 5.78. The number of ether oxygens (including phenoxy) is 1. The lowest BCUT2D eigenvalue weighted by molar-refractivity contribution is -0.123. The largest absolute Gasteiger partial charge is 0.484 e. The van der Waals surface area contributed by atoms with E-state index in [0.717, 1.165) is 0 Å². The van der Waals surface area contributed by atoms with E-state index in [2.05, 4.69) is 10.5 Å². The van der Waals surface area contributed by atoms with Crippen molar-refractivity contribution in [1.29, 1.82) is 0 Å². The molecule has 0 aliphatic rings. The van der Waals surface area contributed by atoms with Gasteiger partial charge in [-0.25, -0.2) is 5.43 Å². The Hall–Kier alpha value is -3.36. The molecule has 0 heterocycles. The Morgan fingerprint density at radius 3 is 2.23 bits per heavy atom. The number of carbonyl (C=O) groups is 1. The zero-order valence-corrected chi connectivity index (χ0v) is 17.1. The van der Waals surface area contributed by atoms with Crippen LogP contribution >= 0.6 is 11.6 Å². The minimum Gasteiger partial charge on any atom is -0.484 e. The second-order valence-corrected chi connectivity index (χ2v) is 7.94. The second kappa shape index (κ2) is 9.91. The topological polar surface area (TPSA) is 94.1 Å². The van der Waals surface area contributed by atoms with Crippen LogP contribution in [0.15, 0.2) is 88.9 Å². The van der Waals surface area contributed by atoms with Crippen molar-refractivity contribution in [2.75, 3.05) is 6.61 Å². The summed E-state index contributed by atoms with van der Waals surface area (Å²) < 4.78 is 34.8. The minimum absolute atomic E-state index is 0.0687. The van der Waals surface area contributed by atoms with E-state index in [0.29, 0.717) is 16.3 Å². The Kier molecular flexibility index (Phi) is 7.05. The SMILES string of the molecule is O=C(COc1ccc(Cl)cc1)N/N=C\c1ccc(OS(=O)(=O)c2ccccc2)cc1. The first-order chi connectivity index (χ1) is 14.4. The predicted octanol–water partition coefficient (Wildman–Crippen LogP) is 3.64. The fourth-order valence-electron chi connectivity index (χ4n) is 2.26. The molecule has 0 saturated heterocycles. The van der Waals surface area contributed by atoms with Gasteiger partial charge in [-0.2, -0.15) is 13.5 Å². The summed E-state index contributed by atoms with van der Waals surface area (Å²) in [4.78, 5) is 11.8. The van der Waals surface area contributed by atoms with Gasteiger partial charge in [0.2, 0.25) is 0 Å². The van der Waals surface area contributed by atoms with Crippen LogP contribution in [-0.4, -0.2) is 27.1 Å². The first kappa shape index (κ1) is 21.4. The van der Waals surface area contributed by atoms with Crippen molar-refractivity contribution in [3.8, 4) is 11.5 Å². The van der Waals surface area contributed by atoms with Crippen molar-refractivity contribution in [3.05, 3.63) is 89.4 Å². The number of carbonyl (C=O) groups excluding carboxylic acids is 1. The Bertz CT molecular complexity index is 1120. The molecule has 0 aliphatic carbocycles. The Balaban J connectivity index is 1.49. The molecular weight excluding hydrogens is 428 g/mol. The number of hydrazone groups is 1. The van der Waals surface area contributed by atoms with Crippen molar-refractivity contribution < 1.29 is 22.1 Å². The maximum Gasteiger partial charge on any atom is 0.339 e. The smallest absolute Gasteiger partial charge is 0.339 e. The number of amides is 1. The summed E-state index contributed by atoms with van der Waals surface area (Å²) in [5.41, 5.74) is 2.98. The van der Waals surface area contributed by atoms with Crippen LogP contribution in [-0.2, 0) is 14.9 Å². The average molecular weight is 445 g/mol. The van der Waals surface area contributed by atoms with Gasteiger partial charge in [0.25, 0.3) is 5.91 Å². The first-order valence-electron chi connectivity index (χ1n) is 8.72. The molecule has 0 unspecified atom stereocenters. The monoisotopic (exact) mass is 444 g/mol. The summed E-state index contributed by atoms with van der Waals surface area (Å²) in [6, 6.07) is 20.7. The zero-order valence-electron chi connectivity index (χ0n) is 15.6. The number of benzene rings is 3. The van der Waals surface area contributed by atoms with Crippen LogP contribution < -0.4 is 14.3 Å². The van der Waals surface area contributed by atoms with Gasteiger partial charge >= 0.3 is 10.1 Å². The average Bonchev–Trinajstić information content (AvgIpc) is 2.75. The molecule has 0 spiro atoms. The van der Waals surface area contributed by atoms with E-state index in [1.54, 1.807) is 54.6 Å². The van der Waals surface area contributed by atoms with Gasteiger partial charge in [-0.05, 0) is 66.2 Å². The molecule has 0 radical (unpaired) electrons. The van der Waals surface area contributed by atoms with Crippen LogP contribution in [0.2, 0.25) is 5.02 Å². The van der Waals surface area contributed by atoms with Crippen LogP contribution in [0.1, 0.15) is 5.56 Å². The molecule has 0 atom stereocenters. The summed E-state index contributed by atoms with van der Waals surface area (Å²) in [6.07, 6.45) is 1.41. The van der Waals surface area contributed by atoms with Crippen molar-refractivity contribution in [2.24, 2.45) is 5.10 Å². The molecule has 0 bridgehead atoms. The highest BCUT2D eigenvalue weighted by molar-refractivity contribution is 7.87. The quantitative estimate of drug-likeness (QED) is 0.325. The third-order valence-electron chi connectivity index (χ3n) is 3.70. The summed E-state index contributed by atoms with van der Waals surface area (Å²) in [7, 11) is -3.90. The van der Waals surface area contributed by atoms with Gasteiger partial charge in [-0.3, -0.25) is 4.79 Å². The molecule has 154 valence electrons. The van der Waals surface area contributed by atoms with Gasteiger partial charge < -0.3 is 8.92 Å². The highest BCUT2D eigenvalue weighted by Gasteiger charge is 2.15. The van der Waals surface area contributed by atoms with Crippen molar-refractivity contribution in [2.45, 2.75) is 4.90 Å². The molecule has 7 nitrogen and oxygen atoms in total. The highest BCUT2D eigenvalue weighted by Crippen LogP contribution is 2.18. The summed E-state index contributed by atoms with van der Waals surface area (Å²) in [5.74, 6) is 0.242. The molecule has 1 N–H and O–H groups in total. The fourth-order valence-corrected chi connectivity index (χ4v) is 3.34. The Morgan fingerprint density at radius 2 is 1.57 bits per heavy atom. The molecule has 3 aromatic carbocycles. The number of nitrogens with one attached hydrogen (secondary N) is 1. The van der Waals surface area contributed by atoms with E-state index >= 15 is 0 Å². The molecule has 0 fully saturated rings. The van der Waals surface area contributed by atoms with Crippen LogP contribution in [0.3, 0.4) is 0 Å². The standard InChI is InChI=1S/C21H17ClN2O5S/c22-17-8-12-18(13-9-17)28-15-21(25)24-23-14-16-6-10-19(11-7-16)29-30(26,27)20-4-2-1-3-5-20/h1-14H,15H2,(H,24,25)/b23-14-. The normalized spacial score (nSPS) is 11.2. The number of nitrogens with zero attached hydrogens (tertiary/aromatic N) is 1. The minimum atomic E-state index is -3.90. The number of halogens is 1. The Labute approximate surface area is 179 Å². The van der Waals surface area contributed by atoms with Gasteiger partial charge in [-0.15, -0.1) is 0 Å².